The summed E-state index contributed by atoms with van der Waals surface area (Å²) in [5, 5.41) is 21.6. The highest BCUT2D eigenvalue weighted by atomic mass is 19.1. The lowest BCUT2D eigenvalue weighted by Gasteiger charge is -2.38. The van der Waals surface area contributed by atoms with E-state index in [4.69, 9.17) is 5.26 Å². The molecule has 1 heterocycles. The predicted molar refractivity (Wildman–Crippen MR) is 79.8 cm³/mol. The fourth-order valence-electron chi connectivity index (χ4n) is 2.82. The number of likely N-dealkylation sites (tertiary alicyclic amines) is 1. The number of β-amino-alcohol motifs (C(OH)–C–C–N with tert-alkyl or cyclic N) is 1. The predicted octanol–water partition coefficient (Wildman–Crippen LogP) is 0.940. The molecule has 0 spiro atoms. The Morgan fingerprint density at radius 2 is 2.04 bits per heavy atom. The largest absolute Gasteiger partial charge is 0.388 e. The van der Waals surface area contributed by atoms with Crippen LogP contribution in [0.2, 0.25) is 0 Å². The molecule has 0 bridgehead atoms. The van der Waals surface area contributed by atoms with Crippen LogP contribution >= 0.6 is 0 Å². The van der Waals surface area contributed by atoms with E-state index in [0.717, 1.165) is 17.0 Å². The van der Waals surface area contributed by atoms with Crippen LogP contribution in [0.3, 0.4) is 0 Å². The van der Waals surface area contributed by atoms with Gasteiger partial charge in [-0.1, -0.05) is 0 Å². The van der Waals surface area contributed by atoms with E-state index in [9.17, 15) is 23.5 Å². The van der Waals surface area contributed by atoms with E-state index in [0.29, 0.717) is 12.8 Å². The Balaban J connectivity index is 2.24. The standard InChI is InChI=1S/C16H17F2N3O3/c1-20-13(22)7-16(24)3-2-4-21(9-16)15(23)14-11(17)5-10(8-19)6-12(14)18/h5-6,24H,2-4,7,9H2,1H3,(H,20,22). The molecule has 1 fully saturated rings. The average molecular weight is 337 g/mol. The van der Waals surface area contributed by atoms with Gasteiger partial charge in [-0.05, 0) is 25.0 Å². The first kappa shape index (κ1) is 17.8. The zero-order valence-corrected chi connectivity index (χ0v) is 13.1. The summed E-state index contributed by atoms with van der Waals surface area (Å²) >= 11 is 0. The maximum absolute atomic E-state index is 14.0. The number of aliphatic hydroxyl groups is 1. The van der Waals surface area contributed by atoms with Crippen LogP contribution in [-0.2, 0) is 4.79 Å². The van der Waals surface area contributed by atoms with Crippen LogP contribution < -0.4 is 5.32 Å². The number of nitriles is 1. The van der Waals surface area contributed by atoms with Crippen molar-refractivity contribution in [2.45, 2.75) is 24.9 Å². The topological polar surface area (TPSA) is 93.4 Å². The van der Waals surface area contributed by atoms with Crippen molar-refractivity contribution in [1.82, 2.24) is 10.2 Å². The van der Waals surface area contributed by atoms with Crippen molar-refractivity contribution < 1.29 is 23.5 Å². The summed E-state index contributed by atoms with van der Waals surface area (Å²) in [4.78, 5) is 25.0. The van der Waals surface area contributed by atoms with Crippen molar-refractivity contribution in [1.29, 1.82) is 5.26 Å². The molecule has 6 nitrogen and oxygen atoms in total. The van der Waals surface area contributed by atoms with Crippen molar-refractivity contribution in [3.05, 3.63) is 34.9 Å². The van der Waals surface area contributed by atoms with Gasteiger partial charge in [0.1, 0.15) is 17.2 Å². The zero-order valence-electron chi connectivity index (χ0n) is 13.1. The lowest BCUT2D eigenvalue weighted by Crippen LogP contribution is -2.52. The van der Waals surface area contributed by atoms with E-state index in [2.05, 4.69) is 5.32 Å². The summed E-state index contributed by atoms with van der Waals surface area (Å²) in [7, 11) is 1.43. The number of piperidine rings is 1. The Bertz CT molecular complexity index is 694. The molecule has 0 radical (unpaired) electrons. The van der Waals surface area contributed by atoms with Gasteiger partial charge in [0.2, 0.25) is 5.91 Å². The minimum atomic E-state index is -1.44. The van der Waals surface area contributed by atoms with Gasteiger partial charge in [0, 0.05) is 13.6 Å². The number of nitrogens with zero attached hydrogens (tertiary/aromatic N) is 2. The Hall–Kier alpha value is -2.53. The lowest BCUT2D eigenvalue weighted by atomic mass is 9.89. The summed E-state index contributed by atoms with van der Waals surface area (Å²) in [6.07, 6.45) is 0.507. The zero-order chi connectivity index (χ0) is 17.9. The third-order valence-electron chi connectivity index (χ3n) is 4.00. The van der Waals surface area contributed by atoms with E-state index in [1.54, 1.807) is 6.07 Å². The first-order valence-electron chi connectivity index (χ1n) is 7.41. The number of hydrogen-bond donors (Lipinski definition) is 2. The van der Waals surface area contributed by atoms with E-state index < -0.39 is 28.7 Å². The molecule has 24 heavy (non-hydrogen) atoms. The second kappa shape index (κ2) is 6.93. The second-order valence-electron chi connectivity index (χ2n) is 5.83. The molecule has 128 valence electrons. The van der Waals surface area contributed by atoms with Gasteiger partial charge in [-0.25, -0.2) is 8.78 Å². The summed E-state index contributed by atoms with van der Waals surface area (Å²) in [6.45, 7) is 0.0197. The van der Waals surface area contributed by atoms with E-state index in [-0.39, 0.29) is 31.0 Å². The molecule has 1 aromatic rings. The number of nitrogens with one attached hydrogen (secondary N) is 1. The highest BCUT2D eigenvalue weighted by Gasteiger charge is 2.38. The van der Waals surface area contributed by atoms with Gasteiger partial charge in [0.25, 0.3) is 5.91 Å². The van der Waals surface area contributed by atoms with Gasteiger partial charge in [0.05, 0.1) is 30.2 Å². The van der Waals surface area contributed by atoms with Crippen molar-refractivity contribution >= 4 is 11.8 Å². The van der Waals surface area contributed by atoms with Crippen molar-refractivity contribution in [2.75, 3.05) is 20.1 Å². The summed E-state index contributed by atoms with van der Waals surface area (Å²) < 4.78 is 28.0. The normalized spacial score (nSPS) is 20.4. The third kappa shape index (κ3) is 3.68. The molecular formula is C16H17F2N3O3. The van der Waals surface area contributed by atoms with Crippen molar-refractivity contribution in [3.63, 3.8) is 0 Å². The number of rotatable bonds is 3. The summed E-state index contributed by atoms with van der Waals surface area (Å²) in [6, 6.07) is 3.18. The van der Waals surface area contributed by atoms with Crippen molar-refractivity contribution in [3.8, 4) is 6.07 Å². The molecule has 8 heteroatoms. The summed E-state index contributed by atoms with van der Waals surface area (Å²) in [5.41, 5.74) is -2.43. The summed E-state index contributed by atoms with van der Waals surface area (Å²) in [5.74, 6) is -3.55. The number of halogens is 2. The van der Waals surface area contributed by atoms with E-state index >= 15 is 0 Å². The molecule has 2 N–H and O–H groups in total. The fraction of sp³-hybridized carbons (Fsp3) is 0.438. The molecule has 1 aliphatic heterocycles. The van der Waals surface area contributed by atoms with Gasteiger partial charge in [-0.15, -0.1) is 0 Å². The monoisotopic (exact) mass is 337 g/mol. The lowest BCUT2D eigenvalue weighted by molar-refractivity contribution is -0.127. The number of carbonyl (C=O) groups is 2. The maximum atomic E-state index is 14.0. The van der Waals surface area contributed by atoms with Gasteiger partial charge >= 0.3 is 0 Å². The number of carbonyl (C=O) groups excluding carboxylic acids is 2. The van der Waals surface area contributed by atoms with Crippen molar-refractivity contribution in [2.24, 2.45) is 0 Å². The Morgan fingerprint density at radius 1 is 1.42 bits per heavy atom. The molecule has 1 aliphatic rings. The smallest absolute Gasteiger partial charge is 0.259 e. The number of amides is 2. The van der Waals surface area contributed by atoms with Crippen LogP contribution in [0.15, 0.2) is 12.1 Å². The minimum absolute atomic E-state index is 0.196. The molecule has 1 atom stereocenters. The van der Waals surface area contributed by atoms with Crippen LogP contribution in [0.25, 0.3) is 0 Å². The Morgan fingerprint density at radius 3 is 2.58 bits per heavy atom. The number of hydrogen-bond acceptors (Lipinski definition) is 4. The highest BCUT2D eigenvalue weighted by Crippen LogP contribution is 2.27. The van der Waals surface area contributed by atoms with Gasteiger partial charge < -0.3 is 15.3 Å². The van der Waals surface area contributed by atoms with Crippen LogP contribution in [0.4, 0.5) is 8.78 Å². The van der Waals surface area contributed by atoms with Gasteiger partial charge in [-0.2, -0.15) is 5.26 Å². The molecule has 2 rings (SSSR count). The Kier molecular flexibility index (Phi) is 5.14. The van der Waals surface area contributed by atoms with Crippen LogP contribution in [0.1, 0.15) is 35.2 Å². The molecule has 1 aromatic carbocycles. The molecule has 0 saturated carbocycles. The number of benzene rings is 1. The van der Waals surface area contributed by atoms with Crippen LogP contribution in [0, 0.1) is 23.0 Å². The molecule has 1 saturated heterocycles. The first-order chi connectivity index (χ1) is 11.3. The second-order valence-corrected chi connectivity index (χ2v) is 5.83. The average Bonchev–Trinajstić information content (AvgIpc) is 2.53. The van der Waals surface area contributed by atoms with Gasteiger partial charge in [0.15, 0.2) is 0 Å². The molecule has 0 aromatic heterocycles. The fourth-order valence-corrected chi connectivity index (χ4v) is 2.82. The Labute approximate surface area is 137 Å². The molecule has 2 amide bonds. The first-order valence-corrected chi connectivity index (χ1v) is 7.41. The SMILES string of the molecule is CNC(=O)CC1(O)CCCN(C(=O)c2c(F)cc(C#N)cc2F)C1. The minimum Gasteiger partial charge on any atom is -0.388 e. The van der Waals surface area contributed by atoms with E-state index in [1.165, 1.54) is 7.05 Å². The third-order valence-corrected chi connectivity index (χ3v) is 4.00. The molecule has 0 aliphatic carbocycles. The quantitative estimate of drug-likeness (QED) is 0.858. The van der Waals surface area contributed by atoms with Crippen LogP contribution in [0.5, 0.6) is 0 Å². The molecule has 1 unspecified atom stereocenters. The molecular weight excluding hydrogens is 320 g/mol. The van der Waals surface area contributed by atoms with E-state index in [1.807, 2.05) is 0 Å². The highest BCUT2D eigenvalue weighted by molar-refractivity contribution is 5.95. The van der Waals surface area contributed by atoms with Gasteiger partial charge in [-0.3, -0.25) is 9.59 Å². The van der Waals surface area contributed by atoms with Crippen LogP contribution in [-0.4, -0.2) is 47.6 Å². The maximum Gasteiger partial charge on any atom is 0.259 e.